The number of benzene rings is 2. The van der Waals surface area contributed by atoms with Gasteiger partial charge in [0, 0.05) is 17.3 Å². The molecule has 0 unspecified atom stereocenters. The highest BCUT2D eigenvalue weighted by Crippen LogP contribution is 2.23. The lowest BCUT2D eigenvalue weighted by Crippen LogP contribution is -2.37. The lowest BCUT2D eigenvalue weighted by Gasteiger charge is -2.01. The molecular formula is C23H16F2N5+. The standard InChI is InChI=1S/C23H15F2N5/c24-18-5-3-4-17(22(18)25)23-28-20-12-27-30(14-21(20)29-23)13-15-7-9-16(10-8-15)19-6-1-2-11-26-19/h1-12,14H,13H2/p+1. The quantitative estimate of drug-likeness (QED) is 0.458. The zero-order chi connectivity index (χ0) is 20.5. The molecule has 0 atom stereocenters. The largest absolute Gasteiger partial charge is 0.333 e. The monoisotopic (exact) mass is 400 g/mol. The first kappa shape index (κ1) is 18.1. The Labute approximate surface area is 170 Å². The lowest BCUT2D eigenvalue weighted by atomic mass is 10.1. The van der Waals surface area contributed by atoms with Crippen molar-refractivity contribution in [3.8, 4) is 22.6 Å². The van der Waals surface area contributed by atoms with Crippen LogP contribution in [0.3, 0.4) is 0 Å². The Morgan fingerprint density at radius 3 is 2.60 bits per heavy atom. The molecule has 7 heteroatoms. The highest BCUT2D eigenvalue weighted by Gasteiger charge is 2.16. The Morgan fingerprint density at radius 2 is 1.80 bits per heavy atom. The van der Waals surface area contributed by atoms with Crippen LogP contribution in [0.25, 0.3) is 33.7 Å². The fraction of sp³-hybridized carbons (Fsp3) is 0.0435. The van der Waals surface area contributed by atoms with Crippen molar-refractivity contribution in [2.24, 2.45) is 0 Å². The summed E-state index contributed by atoms with van der Waals surface area (Å²) in [5.74, 6) is -1.57. The first-order valence-corrected chi connectivity index (χ1v) is 9.37. The molecule has 146 valence electrons. The van der Waals surface area contributed by atoms with Crippen LogP contribution >= 0.6 is 0 Å². The van der Waals surface area contributed by atoms with Gasteiger partial charge in [-0.05, 0) is 29.4 Å². The number of H-pyrrole nitrogens is 1. The van der Waals surface area contributed by atoms with Crippen LogP contribution in [0.2, 0.25) is 0 Å². The fourth-order valence-electron chi connectivity index (χ4n) is 3.31. The predicted molar refractivity (Wildman–Crippen MR) is 108 cm³/mol. The second kappa shape index (κ2) is 7.44. The Hall–Kier alpha value is -4.00. The van der Waals surface area contributed by atoms with E-state index in [0.717, 1.165) is 22.9 Å². The number of pyridine rings is 1. The van der Waals surface area contributed by atoms with E-state index in [4.69, 9.17) is 0 Å². The molecule has 0 spiro atoms. The zero-order valence-corrected chi connectivity index (χ0v) is 15.8. The predicted octanol–water partition coefficient (Wildman–Crippen LogP) is 4.30. The first-order chi connectivity index (χ1) is 14.7. The first-order valence-electron chi connectivity index (χ1n) is 9.37. The van der Waals surface area contributed by atoms with E-state index >= 15 is 0 Å². The van der Waals surface area contributed by atoms with Gasteiger partial charge in [0.05, 0.1) is 11.3 Å². The molecule has 0 aliphatic rings. The van der Waals surface area contributed by atoms with Gasteiger partial charge in [0.25, 0.3) is 0 Å². The molecule has 0 saturated carbocycles. The summed E-state index contributed by atoms with van der Waals surface area (Å²) in [6.45, 7) is 0.557. The van der Waals surface area contributed by atoms with E-state index in [9.17, 15) is 8.78 Å². The normalized spacial score (nSPS) is 11.1. The molecule has 3 aromatic heterocycles. The fourth-order valence-corrected chi connectivity index (χ4v) is 3.31. The minimum atomic E-state index is -0.926. The molecule has 30 heavy (non-hydrogen) atoms. The smallest absolute Gasteiger partial charge is 0.222 e. The molecule has 5 aromatic rings. The molecule has 5 nitrogen and oxygen atoms in total. The second-order valence-electron chi connectivity index (χ2n) is 6.87. The molecule has 0 bridgehead atoms. The Bertz CT molecular complexity index is 1330. The molecule has 3 heterocycles. The number of aromatic nitrogens is 5. The third kappa shape index (κ3) is 3.41. The number of nitrogens with zero attached hydrogens (tertiary/aromatic N) is 4. The molecule has 0 amide bonds. The van der Waals surface area contributed by atoms with Crippen LogP contribution in [0.4, 0.5) is 8.78 Å². The van der Waals surface area contributed by atoms with Crippen molar-refractivity contribution in [1.29, 1.82) is 0 Å². The van der Waals surface area contributed by atoms with Crippen molar-refractivity contribution >= 4 is 11.0 Å². The summed E-state index contributed by atoms with van der Waals surface area (Å²) in [4.78, 5) is 11.7. The van der Waals surface area contributed by atoms with Crippen molar-refractivity contribution in [3.63, 3.8) is 0 Å². The van der Waals surface area contributed by atoms with Crippen molar-refractivity contribution in [2.45, 2.75) is 6.54 Å². The maximum atomic E-state index is 14.1. The highest BCUT2D eigenvalue weighted by molar-refractivity contribution is 5.77. The highest BCUT2D eigenvalue weighted by atomic mass is 19.2. The second-order valence-corrected chi connectivity index (χ2v) is 6.87. The van der Waals surface area contributed by atoms with E-state index < -0.39 is 11.6 Å². The topological polar surface area (TPSA) is 58.3 Å². The number of nitrogens with one attached hydrogen (secondary N) is 1. The summed E-state index contributed by atoms with van der Waals surface area (Å²) < 4.78 is 29.4. The van der Waals surface area contributed by atoms with E-state index in [2.05, 4.69) is 20.1 Å². The van der Waals surface area contributed by atoms with Crippen LogP contribution < -0.4 is 4.68 Å². The molecule has 0 fully saturated rings. The third-order valence-electron chi connectivity index (χ3n) is 4.83. The van der Waals surface area contributed by atoms with Crippen molar-refractivity contribution in [3.05, 3.63) is 96.5 Å². The molecule has 2 aromatic carbocycles. The number of halogens is 2. The average Bonchev–Trinajstić information content (AvgIpc) is 3.20. The lowest BCUT2D eigenvalue weighted by molar-refractivity contribution is -0.745. The molecule has 0 aliphatic heterocycles. The van der Waals surface area contributed by atoms with Crippen LogP contribution in [0, 0.1) is 11.6 Å². The summed E-state index contributed by atoms with van der Waals surface area (Å²) in [6.07, 6.45) is 5.18. The van der Waals surface area contributed by atoms with Crippen LogP contribution in [0.5, 0.6) is 0 Å². The number of fused-ring (bicyclic) bond motifs is 1. The van der Waals surface area contributed by atoms with Gasteiger partial charge in [0.2, 0.25) is 6.20 Å². The summed E-state index contributed by atoms with van der Waals surface area (Å²) >= 11 is 0. The maximum absolute atomic E-state index is 14.1. The Morgan fingerprint density at radius 1 is 0.933 bits per heavy atom. The molecule has 0 saturated heterocycles. The summed E-state index contributed by atoms with van der Waals surface area (Å²) in [5, 5.41) is 4.38. The zero-order valence-electron chi connectivity index (χ0n) is 15.8. The van der Waals surface area contributed by atoms with Gasteiger partial charge in [0.15, 0.2) is 18.2 Å². The summed E-state index contributed by atoms with van der Waals surface area (Å²) in [5.41, 5.74) is 4.39. The minimum Gasteiger partial charge on any atom is -0.333 e. The number of aromatic amines is 1. The Balaban J connectivity index is 1.41. The number of rotatable bonds is 4. The van der Waals surface area contributed by atoms with Gasteiger partial charge in [-0.2, -0.15) is 0 Å². The van der Waals surface area contributed by atoms with Crippen LogP contribution in [-0.4, -0.2) is 20.1 Å². The van der Waals surface area contributed by atoms with E-state index in [0.29, 0.717) is 17.6 Å². The van der Waals surface area contributed by atoms with E-state index in [-0.39, 0.29) is 11.4 Å². The third-order valence-corrected chi connectivity index (χ3v) is 4.83. The molecule has 0 aliphatic carbocycles. The van der Waals surface area contributed by atoms with Gasteiger partial charge in [0.1, 0.15) is 23.1 Å². The van der Waals surface area contributed by atoms with E-state index in [1.54, 1.807) is 23.3 Å². The maximum Gasteiger partial charge on any atom is 0.222 e. The van der Waals surface area contributed by atoms with Crippen LogP contribution in [0.1, 0.15) is 5.56 Å². The van der Waals surface area contributed by atoms with E-state index in [1.807, 2.05) is 42.5 Å². The SMILES string of the molecule is Fc1cccc(-c2nc3cn[n+](Cc4ccc(-c5ccccn5)cc4)cc3[nH]2)c1F. The van der Waals surface area contributed by atoms with Crippen LogP contribution in [0.15, 0.2) is 79.3 Å². The van der Waals surface area contributed by atoms with Gasteiger partial charge in [-0.25, -0.2) is 13.8 Å². The molecule has 5 rings (SSSR count). The minimum absolute atomic E-state index is 0.0860. The van der Waals surface area contributed by atoms with Crippen LogP contribution in [-0.2, 0) is 6.54 Å². The molecule has 1 N–H and O–H groups in total. The van der Waals surface area contributed by atoms with Crippen molar-refractivity contribution in [2.75, 3.05) is 0 Å². The van der Waals surface area contributed by atoms with Gasteiger partial charge < -0.3 is 4.98 Å². The van der Waals surface area contributed by atoms with Gasteiger partial charge >= 0.3 is 0 Å². The molecule has 0 radical (unpaired) electrons. The van der Waals surface area contributed by atoms with Crippen molar-refractivity contribution < 1.29 is 13.5 Å². The summed E-state index contributed by atoms with van der Waals surface area (Å²) in [6, 6.07) is 17.9. The molecular weight excluding hydrogens is 384 g/mol. The Kier molecular flexibility index (Phi) is 4.48. The van der Waals surface area contributed by atoms with Gasteiger partial charge in [-0.1, -0.05) is 41.1 Å². The van der Waals surface area contributed by atoms with Gasteiger partial charge in [-0.15, -0.1) is 0 Å². The van der Waals surface area contributed by atoms with Gasteiger partial charge in [-0.3, -0.25) is 4.98 Å². The average molecular weight is 400 g/mol. The number of hydrogen-bond donors (Lipinski definition) is 1. The summed E-state index contributed by atoms with van der Waals surface area (Å²) in [7, 11) is 0. The number of hydrogen-bond acceptors (Lipinski definition) is 3. The van der Waals surface area contributed by atoms with Crippen molar-refractivity contribution in [1.82, 2.24) is 20.1 Å². The van der Waals surface area contributed by atoms with E-state index in [1.165, 1.54) is 12.1 Å². The number of imidazole rings is 1.